The van der Waals surface area contributed by atoms with Crippen LogP contribution in [-0.4, -0.2) is 30.4 Å². The number of nitro groups is 1. The highest BCUT2D eigenvalue weighted by atomic mass is 32.2. The predicted octanol–water partition coefficient (Wildman–Crippen LogP) is 1.29. The number of para-hydroxylation sites is 1. The van der Waals surface area contributed by atoms with Crippen LogP contribution in [-0.2, 0) is 16.3 Å². The Morgan fingerprint density at radius 1 is 1.32 bits per heavy atom. The van der Waals surface area contributed by atoms with E-state index < -0.39 is 20.3 Å². The maximum Gasteiger partial charge on any atom is 0.272 e. The van der Waals surface area contributed by atoms with E-state index in [1.807, 2.05) is 0 Å². The van der Waals surface area contributed by atoms with Crippen molar-refractivity contribution in [3.63, 3.8) is 0 Å². The second-order valence-corrected chi connectivity index (χ2v) is 7.40. The minimum atomic E-state index is -3.33. The summed E-state index contributed by atoms with van der Waals surface area (Å²) >= 11 is 0. The van der Waals surface area contributed by atoms with Gasteiger partial charge in [-0.1, -0.05) is 18.2 Å². The Bertz CT molecular complexity index is 561. The summed E-state index contributed by atoms with van der Waals surface area (Å²) in [6, 6.07) is 6.15. The van der Waals surface area contributed by atoms with Gasteiger partial charge in [0.25, 0.3) is 5.69 Å². The average molecular weight is 286 g/mol. The Morgan fingerprint density at radius 3 is 2.42 bits per heavy atom. The van der Waals surface area contributed by atoms with Crippen molar-refractivity contribution < 1.29 is 13.3 Å². The third-order valence-corrected chi connectivity index (χ3v) is 4.47. The number of rotatable bonds is 6. The summed E-state index contributed by atoms with van der Waals surface area (Å²) in [5.41, 5.74) is 5.25. The molecule has 0 amide bonds. The van der Waals surface area contributed by atoms with Crippen molar-refractivity contribution in [3.8, 4) is 0 Å². The molecule has 0 aliphatic carbocycles. The molecule has 0 fully saturated rings. The molecule has 0 spiro atoms. The lowest BCUT2D eigenvalue weighted by molar-refractivity contribution is -0.385. The zero-order valence-electron chi connectivity index (χ0n) is 11.0. The summed E-state index contributed by atoms with van der Waals surface area (Å²) in [5, 5.41) is 10.8. The number of sulfone groups is 1. The number of nitrogens with zero attached hydrogens (tertiary/aromatic N) is 1. The molecule has 0 bridgehead atoms. The molecule has 7 heteroatoms. The fourth-order valence-corrected chi connectivity index (χ4v) is 3.61. The van der Waals surface area contributed by atoms with Gasteiger partial charge in [0.2, 0.25) is 0 Å². The maximum atomic E-state index is 11.9. The zero-order valence-corrected chi connectivity index (χ0v) is 11.8. The van der Waals surface area contributed by atoms with Crippen molar-refractivity contribution in [2.24, 2.45) is 5.73 Å². The third-order valence-electron chi connectivity index (χ3n) is 2.46. The van der Waals surface area contributed by atoms with Crippen LogP contribution in [0.3, 0.4) is 0 Å². The second-order valence-electron chi connectivity index (χ2n) is 5.22. The number of nitro benzene ring substituents is 1. The number of aryl methyl sites for hydroxylation is 1. The molecular formula is C12H18N2O4S. The molecule has 1 rings (SSSR count). The van der Waals surface area contributed by atoms with Gasteiger partial charge in [-0.15, -0.1) is 0 Å². The van der Waals surface area contributed by atoms with E-state index in [-0.39, 0.29) is 23.6 Å². The van der Waals surface area contributed by atoms with E-state index in [9.17, 15) is 18.5 Å². The van der Waals surface area contributed by atoms with Gasteiger partial charge in [0.05, 0.1) is 16.4 Å². The first-order valence-corrected chi connectivity index (χ1v) is 7.64. The highest BCUT2D eigenvalue weighted by molar-refractivity contribution is 7.91. The third kappa shape index (κ3) is 5.35. The second kappa shape index (κ2) is 5.66. The molecule has 0 saturated carbocycles. The molecule has 0 radical (unpaired) electrons. The van der Waals surface area contributed by atoms with Gasteiger partial charge in [-0.05, 0) is 20.3 Å². The van der Waals surface area contributed by atoms with Crippen LogP contribution >= 0.6 is 0 Å². The Labute approximate surface area is 112 Å². The van der Waals surface area contributed by atoms with Gasteiger partial charge in [0.1, 0.15) is 0 Å². The first kappa shape index (κ1) is 15.6. The molecular weight excluding hydrogens is 268 g/mol. The summed E-state index contributed by atoms with van der Waals surface area (Å²) in [6.07, 6.45) is 0.121. The van der Waals surface area contributed by atoms with E-state index in [0.717, 1.165) is 0 Å². The molecule has 2 N–H and O–H groups in total. The summed E-state index contributed by atoms with van der Waals surface area (Å²) in [4.78, 5) is 10.3. The molecule has 0 aliphatic heterocycles. The fraction of sp³-hybridized carbons (Fsp3) is 0.500. The van der Waals surface area contributed by atoms with Crippen molar-refractivity contribution in [2.45, 2.75) is 25.8 Å². The van der Waals surface area contributed by atoms with Crippen LogP contribution in [0.1, 0.15) is 19.4 Å². The maximum absolute atomic E-state index is 11.9. The topological polar surface area (TPSA) is 103 Å². The van der Waals surface area contributed by atoms with Crippen molar-refractivity contribution in [1.29, 1.82) is 0 Å². The number of benzene rings is 1. The smallest absolute Gasteiger partial charge is 0.272 e. The van der Waals surface area contributed by atoms with E-state index in [2.05, 4.69) is 0 Å². The standard InChI is InChI=1S/C12H18N2O4S/c1-12(2,13)9-19(17,18)8-7-10-5-3-4-6-11(10)14(15)16/h3-6H,7-9,13H2,1-2H3. The summed E-state index contributed by atoms with van der Waals surface area (Å²) < 4.78 is 23.7. The molecule has 0 heterocycles. The van der Waals surface area contributed by atoms with Crippen LogP contribution in [0.25, 0.3) is 0 Å². The van der Waals surface area contributed by atoms with Crippen molar-refractivity contribution >= 4 is 15.5 Å². The van der Waals surface area contributed by atoms with E-state index in [0.29, 0.717) is 5.56 Å². The van der Waals surface area contributed by atoms with Crippen molar-refractivity contribution in [3.05, 3.63) is 39.9 Å². The number of hydrogen-bond donors (Lipinski definition) is 1. The Hall–Kier alpha value is -1.47. The van der Waals surface area contributed by atoms with Crippen LogP contribution in [0.4, 0.5) is 5.69 Å². The van der Waals surface area contributed by atoms with E-state index in [1.165, 1.54) is 6.07 Å². The van der Waals surface area contributed by atoms with Crippen molar-refractivity contribution in [1.82, 2.24) is 0 Å². The lowest BCUT2D eigenvalue weighted by Crippen LogP contribution is -2.40. The average Bonchev–Trinajstić information content (AvgIpc) is 2.23. The van der Waals surface area contributed by atoms with Crippen LogP contribution in [0.5, 0.6) is 0 Å². The monoisotopic (exact) mass is 286 g/mol. The molecule has 106 valence electrons. The van der Waals surface area contributed by atoms with Crippen LogP contribution < -0.4 is 5.73 Å². The molecule has 0 aliphatic rings. The van der Waals surface area contributed by atoms with E-state index >= 15 is 0 Å². The Morgan fingerprint density at radius 2 is 1.89 bits per heavy atom. The molecule has 0 unspecified atom stereocenters. The predicted molar refractivity (Wildman–Crippen MR) is 73.7 cm³/mol. The van der Waals surface area contributed by atoms with Gasteiger partial charge >= 0.3 is 0 Å². The summed E-state index contributed by atoms with van der Waals surface area (Å²) in [7, 11) is -3.33. The van der Waals surface area contributed by atoms with Crippen LogP contribution in [0.15, 0.2) is 24.3 Å². The molecule has 6 nitrogen and oxygen atoms in total. The van der Waals surface area contributed by atoms with Gasteiger partial charge in [-0.2, -0.15) is 0 Å². The van der Waals surface area contributed by atoms with Gasteiger partial charge in [-0.3, -0.25) is 10.1 Å². The Kier molecular flexibility index (Phi) is 4.65. The summed E-state index contributed by atoms with van der Waals surface area (Å²) in [6.45, 7) is 3.27. The Balaban J connectivity index is 2.80. The van der Waals surface area contributed by atoms with E-state index in [1.54, 1.807) is 32.0 Å². The van der Waals surface area contributed by atoms with Gasteiger partial charge in [0.15, 0.2) is 9.84 Å². The molecule has 1 aromatic carbocycles. The lowest BCUT2D eigenvalue weighted by atomic mass is 10.1. The largest absolute Gasteiger partial charge is 0.325 e. The number of nitrogens with two attached hydrogens (primary N) is 1. The highest BCUT2D eigenvalue weighted by Gasteiger charge is 2.23. The minimum Gasteiger partial charge on any atom is -0.325 e. The first-order valence-electron chi connectivity index (χ1n) is 5.82. The van der Waals surface area contributed by atoms with Gasteiger partial charge in [0, 0.05) is 17.2 Å². The van der Waals surface area contributed by atoms with E-state index in [4.69, 9.17) is 5.73 Å². The fourth-order valence-electron chi connectivity index (χ4n) is 1.80. The molecule has 19 heavy (non-hydrogen) atoms. The van der Waals surface area contributed by atoms with Gasteiger partial charge < -0.3 is 5.73 Å². The first-order chi connectivity index (χ1) is 8.61. The van der Waals surface area contributed by atoms with Gasteiger partial charge in [-0.25, -0.2) is 8.42 Å². The van der Waals surface area contributed by atoms with Crippen LogP contribution in [0.2, 0.25) is 0 Å². The minimum absolute atomic E-state index is 0.0512. The molecule has 0 saturated heterocycles. The zero-order chi connectivity index (χ0) is 14.7. The number of hydrogen-bond acceptors (Lipinski definition) is 5. The molecule has 0 aromatic heterocycles. The quantitative estimate of drug-likeness (QED) is 0.627. The molecule has 1 aromatic rings. The van der Waals surface area contributed by atoms with Crippen molar-refractivity contribution in [2.75, 3.05) is 11.5 Å². The SMILES string of the molecule is CC(C)(N)CS(=O)(=O)CCc1ccccc1[N+](=O)[O-]. The van der Waals surface area contributed by atoms with Crippen LogP contribution in [0, 0.1) is 10.1 Å². The normalized spacial score (nSPS) is 12.4. The highest BCUT2D eigenvalue weighted by Crippen LogP contribution is 2.19. The lowest BCUT2D eigenvalue weighted by Gasteiger charge is -2.18. The molecule has 0 atom stereocenters. The summed E-state index contributed by atoms with van der Waals surface area (Å²) in [5.74, 6) is -0.279.